The van der Waals surface area contributed by atoms with Crippen LogP contribution >= 0.6 is 11.3 Å². The molecule has 0 saturated heterocycles. The van der Waals surface area contributed by atoms with E-state index in [9.17, 15) is 4.79 Å². The second-order valence-corrected chi connectivity index (χ2v) is 3.79. The fourth-order valence-electron chi connectivity index (χ4n) is 1.04. The first kappa shape index (κ1) is 8.89. The van der Waals surface area contributed by atoms with Crippen LogP contribution in [0.1, 0.15) is 14.7 Å². The molecule has 2 rings (SSSR count). The summed E-state index contributed by atoms with van der Waals surface area (Å²) in [5.74, 6) is -0.980. The molecule has 0 radical (unpaired) electrons. The topological polar surface area (TPSA) is 68.0 Å². The van der Waals surface area contributed by atoms with Gasteiger partial charge in [-0.1, -0.05) is 0 Å². The quantitative estimate of drug-likeness (QED) is 0.821. The van der Waals surface area contributed by atoms with Crippen LogP contribution in [-0.4, -0.2) is 25.6 Å². The molecule has 2 aromatic rings. The Morgan fingerprint density at radius 2 is 2.50 bits per heavy atom. The molecule has 0 amide bonds. The van der Waals surface area contributed by atoms with E-state index in [0.29, 0.717) is 6.54 Å². The van der Waals surface area contributed by atoms with Crippen LogP contribution in [0, 0.1) is 0 Å². The van der Waals surface area contributed by atoms with E-state index in [1.54, 1.807) is 18.7 Å². The minimum Gasteiger partial charge on any atom is -0.476 e. The van der Waals surface area contributed by atoms with Gasteiger partial charge in [0.25, 0.3) is 0 Å². The Labute approximate surface area is 83.7 Å². The van der Waals surface area contributed by atoms with Crippen LogP contribution in [0.4, 0.5) is 0 Å². The molecule has 0 saturated carbocycles. The molecule has 0 unspecified atom stereocenters. The lowest BCUT2D eigenvalue weighted by molar-refractivity contribution is 0.0696. The van der Waals surface area contributed by atoms with Crippen LogP contribution in [0.15, 0.2) is 24.9 Å². The third-order valence-corrected chi connectivity index (χ3v) is 2.60. The Bertz CT molecular complexity index is 435. The Kier molecular flexibility index (Phi) is 2.28. The summed E-state index contributed by atoms with van der Waals surface area (Å²) in [5, 5.41) is 8.78. The van der Waals surface area contributed by atoms with Crippen LogP contribution < -0.4 is 0 Å². The van der Waals surface area contributed by atoms with Crippen molar-refractivity contribution in [3.63, 3.8) is 0 Å². The molecule has 72 valence electrons. The van der Waals surface area contributed by atoms with E-state index in [1.165, 1.54) is 11.3 Å². The molecule has 0 fully saturated rings. The molecule has 0 atom stereocenters. The predicted octanol–water partition coefficient (Wildman–Crippen LogP) is 1.09. The second kappa shape index (κ2) is 3.59. The van der Waals surface area contributed by atoms with E-state index in [2.05, 4.69) is 9.97 Å². The van der Waals surface area contributed by atoms with E-state index < -0.39 is 5.97 Å². The lowest BCUT2D eigenvalue weighted by Gasteiger charge is -1.95. The van der Waals surface area contributed by atoms with Gasteiger partial charge >= 0.3 is 5.97 Å². The van der Waals surface area contributed by atoms with E-state index in [-0.39, 0.29) is 5.01 Å². The lowest BCUT2D eigenvalue weighted by Crippen LogP contribution is -1.93. The minimum atomic E-state index is -0.980. The van der Waals surface area contributed by atoms with Crippen molar-refractivity contribution in [2.75, 3.05) is 0 Å². The van der Waals surface area contributed by atoms with E-state index in [1.807, 2.05) is 10.8 Å². The number of carboxylic acid groups (broad SMARTS) is 1. The molecular formula is C8H7N3O2S. The number of aromatic nitrogens is 3. The number of rotatable bonds is 3. The number of carbonyl (C=O) groups is 1. The molecule has 0 spiro atoms. The number of thiazole rings is 1. The van der Waals surface area contributed by atoms with Crippen LogP contribution in [-0.2, 0) is 6.54 Å². The summed E-state index contributed by atoms with van der Waals surface area (Å²) < 4.78 is 1.86. The molecule has 2 aromatic heterocycles. The molecule has 1 N–H and O–H groups in total. The first-order valence-electron chi connectivity index (χ1n) is 3.89. The monoisotopic (exact) mass is 209 g/mol. The standard InChI is InChI=1S/C8H7N3O2S/c12-8(13)7-10-3-6(14-7)4-11-2-1-9-5-11/h1-3,5H,4H2,(H,12,13). The van der Waals surface area contributed by atoms with Crippen molar-refractivity contribution in [3.05, 3.63) is 34.8 Å². The Hall–Kier alpha value is -1.69. The summed E-state index contributed by atoms with van der Waals surface area (Å²) >= 11 is 1.18. The molecule has 5 nitrogen and oxygen atoms in total. The molecular weight excluding hydrogens is 202 g/mol. The molecule has 6 heteroatoms. The zero-order valence-corrected chi connectivity index (χ0v) is 7.94. The molecule has 0 aliphatic rings. The molecule has 2 heterocycles. The predicted molar refractivity (Wildman–Crippen MR) is 50.4 cm³/mol. The SMILES string of the molecule is O=C(O)c1ncc(Cn2ccnc2)s1. The summed E-state index contributed by atoms with van der Waals surface area (Å²) in [6, 6.07) is 0. The first-order chi connectivity index (χ1) is 6.75. The van der Waals surface area contributed by atoms with E-state index >= 15 is 0 Å². The molecule has 0 aromatic carbocycles. The van der Waals surface area contributed by atoms with Crippen molar-refractivity contribution in [1.82, 2.24) is 14.5 Å². The Morgan fingerprint density at radius 3 is 3.07 bits per heavy atom. The van der Waals surface area contributed by atoms with Crippen molar-refractivity contribution in [3.8, 4) is 0 Å². The van der Waals surface area contributed by atoms with Gasteiger partial charge in [0.15, 0.2) is 0 Å². The highest BCUT2D eigenvalue weighted by Gasteiger charge is 2.08. The van der Waals surface area contributed by atoms with E-state index in [4.69, 9.17) is 5.11 Å². The van der Waals surface area contributed by atoms with Crippen molar-refractivity contribution in [2.24, 2.45) is 0 Å². The smallest absolute Gasteiger partial charge is 0.365 e. The summed E-state index contributed by atoms with van der Waals surface area (Å²) in [6.07, 6.45) is 6.76. The van der Waals surface area contributed by atoms with Gasteiger partial charge in [-0.3, -0.25) is 0 Å². The third kappa shape index (κ3) is 1.80. The fourth-order valence-corrected chi connectivity index (χ4v) is 1.80. The highest BCUT2D eigenvalue weighted by Crippen LogP contribution is 2.13. The highest BCUT2D eigenvalue weighted by molar-refractivity contribution is 7.13. The maximum atomic E-state index is 10.5. The zero-order valence-electron chi connectivity index (χ0n) is 7.12. The maximum Gasteiger partial charge on any atom is 0.365 e. The van der Waals surface area contributed by atoms with Crippen molar-refractivity contribution >= 4 is 17.3 Å². The van der Waals surface area contributed by atoms with Crippen LogP contribution in [0.2, 0.25) is 0 Å². The van der Waals surface area contributed by atoms with Crippen molar-refractivity contribution < 1.29 is 9.90 Å². The van der Waals surface area contributed by atoms with Gasteiger partial charge in [0.05, 0.1) is 12.9 Å². The Morgan fingerprint density at radius 1 is 1.64 bits per heavy atom. The van der Waals surface area contributed by atoms with Crippen LogP contribution in [0.25, 0.3) is 0 Å². The van der Waals surface area contributed by atoms with Gasteiger partial charge in [-0.25, -0.2) is 14.8 Å². The molecule has 14 heavy (non-hydrogen) atoms. The van der Waals surface area contributed by atoms with Gasteiger partial charge < -0.3 is 9.67 Å². The van der Waals surface area contributed by atoms with Gasteiger partial charge in [-0.15, -0.1) is 11.3 Å². The van der Waals surface area contributed by atoms with Gasteiger partial charge in [0, 0.05) is 23.5 Å². The molecule has 0 aliphatic heterocycles. The maximum absolute atomic E-state index is 10.5. The average molecular weight is 209 g/mol. The Balaban J connectivity index is 2.14. The number of hydrogen-bond donors (Lipinski definition) is 1. The highest BCUT2D eigenvalue weighted by atomic mass is 32.1. The summed E-state index contributed by atoms with van der Waals surface area (Å²) in [4.78, 5) is 19.1. The number of hydrogen-bond acceptors (Lipinski definition) is 4. The summed E-state index contributed by atoms with van der Waals surface area (Å²) in [5.41, 5.74) is 0. The van der Waals surface area contributed by atoms with Gasteiger partial charge in [-0.2, -0.15) is 0 Å². The summed E-state index contributed by atoms with van der Waals surface area (Å²) in [6.45, 7) is 0.616. The molecule has 0 aliphatic carbocycles. The minimum absolute atomic E-state index is 0.125. The first-order valence-corrected chi connectivity index (χ1v) is 4.71. The average Bonchev–Trinajstić information content (AvgIpc) is 2.75. The van der Waals surface area contributed by atoms with Crippen LogP contribution in [0.5, 0.6) is 0 Å². The van der Waals surface area contributed by atoms with Gasteiger partial charge in [0.2, 0.25) is 5.01 Å². The normalized spacial score (nSPS) is 10.3. The van der Waals surface area contributed by atoms with Crippen molar-refractivity contribution in [2.45, 2.75) is 6.54 Å². The van der Waals surface area contributed by atoms with Gasteiger partial charge in [0.1, 0.15) is 0 Å². The third-order valence-electron chi connectivity index (χ3n) is 1.63. The number of aromatic carboxylic acids is 1. The van der Waals surface area contributed by atoms with Crippen molar-refractivity contribution in [1.29, 1.82) is 0 Å². The number of imidazole rings is 1. The van der Waals surface area contributed by atoms with E-state index in [0.717, 1.165) is 4.88 Å². The summed E-state index contributed by atoms with van der Waals surface area (Å²) in [7, 11) is 0. The fraction of sp³-hybridized carbons (Fsp3) is 0.125. The largest absolute Gasteiger partial charge is 0.476 e. The zero-order chi connectivity index (χ0) is 9.97. The lowest BCUT2D eigenvalue weighted by atomic mass is 10.5. The number of carboxylic acids is 1. The number of nitrogens with zero attached hydrogens (tertiary/aromatic N) is 3. The molecule has 0 bridgehead atoms. The van der Waals surface area contributed by atoms with Crippen LogP contribution in [0.3, 0.4) is 0 Å². The second-order valence-electron chi connectivity index (χ2n) is 2.67. The van der Waals surface area contributed by atoms with Gasteiger partial charge in [-0.05, 0) is 0 Å².